The summed E-state index contributed by atoms with van der Waals surface area (Å²) in [6, 6.07) is 10.5. The number of phenols is 1. The number of ether oxygens (including phenoxy) is 1. The molecule has 0 spiro atoms. The van der Waals surface area contributed by atoms with Crippen LogP contribution in [0.15, 0.2) is 41.5 Å². The average Bonchev–Trinajstić information content (AvgIpc) is 2.58. The largest absolute Gasteiger partial charge is 0.507 e. The Kier molecular flexibility index (Phi) is 5.52. The summed E-state index contributed by atoms with van der Waals surface area (Å²) in [5.74, 6) is -1.64. The van der Waals surface area contributed by atoms with Gasteiger partial charge in [-0.05, 0) is 43.7 Å². The second-order valence-electron chi connectivity index (χ2n) is 5.38. The van der Waals surface area contributed by atoms with Crippen LogP contribution in [0, 0.1) is 5.92 Å². The molecule has 0 saturated carbocycles. The zero-order chi connectivity index (χ0) is 17.7. The predicted octanol–water partition coefficient (Wildman–Crippen LogP) is 2.85. The van der Waals surface area contributed by atoms with E-state index in [-0.39, 0.29) is 17.9 Å². The number of fused-ring (bicyclic) bond motifs is 1. The smallest absolute Gasteiger partial charge is 0.314 e. The summed E-state index contributed by atoms with van der Waals surface area (Å²) in [5, 5.41) is 15.6. The second-order valence-corrected chi connectivity index (χ2v) is 5.38. The lowest BCUT2D eigenvalue weighted by atomic mass is 10.1. The number of hydrazone groups is 1. The third-order valence-electron chi connectivity index (χ3n) is 3.71. The summed E-state index contributed by atoms with van der Waals surface area (Å²) in [4.78, 5) is 23.9. The van der Waals surface area contributed by atoms with Gasteiger partial charge in [0.05, 0.1) is 18.1 Å². The van der Waals surface area contributed by atoms with Crippen molar-refractivity contribution in [1.29, 1.82) is 0 Å². The van der Waals surface area contributed by atoms with E-state index in [0.29, 0.717) is 5.71 Å². The van der Waals surface area contributed by atoms with Crippen LogP contribution in [0.2, 0.25) is 0 Å². The standard InChI is InChI=1S/C18H20N2O4/c1-4-24-18(23)11(2)12(3)19-20-17(22)15-9-13-7-5-6-8-14(13)10-16(15)21/h5-11,21H,4H2,1-3H3,(H,20,22)/b19-12-/t11-/m1/s1. The fourth-order valence-corrected chi connectivity index (χ4v) is 2.14. The molecule has 6 nitrogen and oxygen atoms in total. The molecule has 2 rings (SSSR count). The van der Waals surface area contributed by atoms with Gasteiger partial charge in [0.25, 0.3) is 5.91 Å². The molecule has 1 atom stereocenters. The van der Waals surface area contributed by atoms with Crippen LogP contribution in [0.1, 0.15) is 31.1 Å². The van der Waals surface area contributed by atoms with E-state index in [1.54, 1.807) is 26.8 Å². The van der Waals surface area contributed by atoms with Crippen LogP contribution >= 0.6 is 0 Å². The first-order valence-corrected chi connectivity index (χ1v) is 7.67. The number of phenolic OH excluding ortho intramolecular Hbond substituents is 1. The van der Waals surface area contributed by atoms with Crippen molar-refractivity contribution in [2.45, 2.75) is 20.8 Å². The summed E-state index contributed by atoms with van der Waals surface area (Å²) in [6.07, 6.45) is 0. The Morgan fingerprint density at radius 2 is 1.88 bits per heavy atom. The van der Waals surface area contributed by atoms with Gasteiger partial charge in [0.1, 0.15) is 5.75 Å². The molecule has 0 aliphatic carbocycles. The first-order chi connectivity index (χ1) is 11.4. The number of amides is 1. The highest BCUT2D eigenvalue weighted by Crippen LogP contribution is 2.24. The lowest BCUT2D eigenvalue weighted by molar-refractivity contribution is -0.145. The molecule has 0 unspecified atom stereocenters. The fourth-order valence-electron chi connectivity index (χ4n) is 2.14. The molecule has 0 heterocycles. The Hall–Kier alpha value is -2.89. The normalized spacial score (nSPS) is 12.7. The van der Waals surface area contributed by atoms with Gasteiger partial charge in [-0.1, -0.05) is 24.3 Å². The number of nitrogens with one attached hydrogen (secondary N) is 1. The van der Waals surface area contributed by atoms with E-state index in [4.69, 9.17) is 4.74 Å². The van der Waals surface area contributed by atoms with E-state index in [2.05, 4.69) is 10.5 Å². The minimum absolute atomic E-state index is 0.119. The monoisotopic (exact) mass is 328 g/mol. The minimum atomic E-state index is -0.560. The summed E-state index contributed by atoms with van der Waals surface area (Å²) in [6.45, 7) is 5.29. The number of hydrogen-bond acceptors (Lipinski definition) is 5. The van der Waals surface area contributed by atoms with Gasteiger partial charge in [0.2, 0.25) is 0 Å². The Morgan fingerprint density at radius 1 is 1.25 bits per heavy atom. The van der Waals surface area contributed by atoms with E-state index in [1.165, 1.54) is 6.07 Å². The lowest BCUT2D eigenvalue weighted by Gasteiger charge is -2.10. The zero-order valence-corrected chi connectivity index (χ0v) is 13.9. The third kappa shape index (κ3) is 3.90. The Morgan fingerprint density at radius 3 is 2.50 bits per heavy atom. The summed E-state index contributed by atoms with van der Waals surface area (Å²) >= 11 is 0. The average molecular weight is 328 g/mol. The number of esters is 1. The van der Waals surface area contributed by atoms with Crippen LogP contribution in [-0.4, -0.2) is 29.3 Å². The predicted molar refractivity (Wildman–Crippen MR) is 92.0 cm³/mol. The molecule has 0 bridgehead atoms. The molecule has 126 valence electrons. The molecule has 1 amide bonds. The first-order valence-electron chi connectivity index (χ1n) is 7.67. The lowest BCUT2D eigenvalue weighted by Crippen LogP contribution is -2.26. The van der Waals surface area contributed by atoms with Gasteiger partial charge in [-0.15, -0.1) is 0 Å². The van der Waals surface area contributed by atoms with Gasteiger partial charge in [-0.25, -0.2) is 5.43 Å². The van der Waals surface area contributed by atoms with Crippen molar-refractivity contribution in [2.75, 3.05) is 6.61 Å². The maximum Gasteiger partial charge on any atom is 0.314 e. The van der Waals surface area contributed by atoms with Crippen molar-refractivity contribution in [1.82, 2.24) is 5.43 Å². The molecule has 2 aromatic rings. The highest BCUT2D eigenvalue weighted by atomic mass is 16.5. The van der Waals surface area contributed by atoms with E-state index < -0.39 is 17.8 Å². The van der Waals surface area contributed by atoms with Gasteiger partial charge < -0.3 is 9.84 Å². The highest BCUT2D eigenvalue weighted by Gasteiger charge is 2.18. The van der Waals surface area contributed by atoms with Crippen molar-refractivity contribution in [3.8, 4) is 5.75 Å². The summed E-state index contributed by atoms with van der Waals surface area (Å²) < 4.78 is 4.91. The summed E-state index contributed by atoms with van der Waals surface area (Å²) in [7, 11) is 0. The molecule has 6 heteroatoms. The number of hydrogen-bond donors (Lipinski definition) is 2. The third-order valence-corrected chi connectivity index (χ3v) is 3.71. The van der Waals surface area contributed by atoms with Gasteiger partial charge in [0.15, 0.2) is 0 Å². The molecule has 2 N–H and O–H groups in total. The van der Waals surface area contributed by atoms with Crippen molar-refractivity contribution in [3.05, 3.63) is 42.0 Å². The van der Waals surface area contributed by atoms with Gasteiger partial charge in [-0.3, -0.25) is 9.59 Å². The van der Waals surface area contributed by atoms with Crippen LogP contribution in [-0.2, 0) is 9.53 Å². The highest BCUT2D eigenvalue weighted by molar-refractivity contribution is 6.04. The fraction of sp³-hybridized carbons (Fsp3) is 0.278. The van der Waals surface area contributed by atoms with Crippen LogP contribution in [0.25, 0.3) is 10.8 Å². The van der Waals surface area contributed by atoms with Gasteiger partial charge >= 0.3 is 5.97 Å². The molecule has 0 aromatic heterocycles. The molecule has 0 fully saturated rings. The molecular formula is C18H20N2O4. The molecule has 0 saturated heterocycles. The molecule has 0 radical (unpaired) electrons. The first kappa shape index (κ1) is 17.5. The SMILES string of the molecule is CCOC(=O)[C@H](C)/C(C)=N\NC(=O)c1cc2ccccc2cc1O. The Bertz CT molecular complexity index is 799. The van der Waals surface area contributed by atoms with Crippen LogP contribution in [0.5, 0.6) is 5.75 Å². The van der Waals surface area contributed by atoms with E-state index >= 15 is 0 Å². The maximum atomic E-state index is 12.2. The maximum absolute atomic E-state index is 12.2. The van der Waals surface area contributed by atoms with E-state index in [0.717, 1.165) is 10.8 Å². The molecule has 0 aliphatic rings. The number of carbonyl (C=O) groups is 2. The second kappa shape index (κ2) is 7.59. The van der Waals surface area contributed by atoms with Crippen LogP contribution in [0.3, 0.4) is 0 Å². The van der Waals surface area contributed by atoms with Crippen molar-refractivity contribution in [2.24, 2.45) is 11.0 Å². The van der Waals surface area contributed by atoms with Crippen molar-refractivity contribution in [3.63, 3.8) is 0 Å². The van der Waals surface area contributed by atoms with Crippen molar-refractivity contribution < 1.29 is 19.4 Å². The zero-order valence-electron chi connectivity index (χ0n) is 13.9. The Labute approximate surface area is 140 Å². The molecule has 0 aliphatic heterocycles. The number of aromatic hydroxyl groups is 1. The van der Waals surface area contributed by atoms with Gasteiger partial charge in [-0.2, -0.15) is 5.10 Å². The molecule has 24 heavy (non-hydrogen) atoms. The molecule has 2 aromatic carbocycles. The quantitative estimate of drug-likeness (QED) is 0.502. The number of nitrogens with zero attached hydrogens (tertiary/aromatic N) is 1. The summed E-state index contributed by atoms with van der Waals surface area (Å²) in [5.41, 5.74) is 2.90. The van der Waals surface area contributed by atoms with Gasteiger partial charge in [0, 0.05) is 5.71 Å². The number of rotatable bonds is 5. The molecular weight excluding hydrogens is 308 g/mol. The van der Waals surface area contributed by atoms with Crippen LogP contribution in [0.4, 0.5) is 0 Å². The van der Waals surface area contributed by atoms with Crippen molar-refractivity contribution >= 4 is 28.4 Å². The van der Waals surface area contributed by atoms with E-state index in [1.807, 2.05) is 24.3 Å². The topological polar surface area (TPSA) is 88.0 Å². The Balaban J connectivity index is 2.16. The number of carbonyl (C=O) groups excluding carboxylic acids is 2. The van der Waals surface area contributed by atoms with Crippen LogP contribution < -0.4 is 5.43 Å². The number of benzene rings is 2. The van der Waals surface area contributed by atoms with E-state index in [9.17, 15) is 14.7 Å². The minimum Gasteiger partial charge on any atom is -0.507 e.